The third-order valence-electron chi connectivity index (χ3n) is 6.44. The lowest BCUT2D eigenvalue weighted by molar-refractivity contribution is 0.513. The zero-order valence-electron chi connectivity index (χ0n) is 21.3. The van der Waals surface area contributed by atoms with Crippen molar-refractivity contribution in [3.63, 3.8) is 0 Å². The van der Waals surface area contributed by atoms with Gasteiger partial charge < -0.3 is 9.79 Å². The Kier molecular flexibility index (Phi) is 19.3. The largest absolute Gasteiger partial charge is 0.352 e. The van der Waals surface area contributed by atoms with Crippen LogP contribution in [0.15, 0.2) is 48.5 Å². The van der Waals surface area contributed by atoms with Crippen molar-refractivity contribution in [1.29, 1.82) is 0 Å². The molecule has 33 heavy (non-hydrogen) atoms. The Labute approximate surface area is 206 Å². The number of hydrogen-bond donors (Lipinski definition) is 2. The maximum Gasteiger partial charge on any atom is 0.149 e. The lowest BCUT2D eigenvalue weighted by Gasteiger charge is -2.16. The van der Waals surface area contributed by atoms with Crippen molar-refractivity contribution in [3.05, 3.63) is 59.7 Å². The molecule has 2 rings (SSSR count). The second kappa shape index (κ2) is 21.3. The third-order valence-corrected chi connectivity index (χ3v) is 6.44. The molecule has 2 nitrogen and oxygen atoms in total. The molecular weight excluding hydrogens is 423 g/mol. The first-order valence-corrected chi connectivity index (χ1v) is 14.4. The number of aryl methyl sites for hydroxylation is 1. The minimum absolute atomic E-state index is 0.917. The van der Waals surface area contributed by atoms with E-state index in [1.165, 1.54) is 114 Å². The number of benzene rings is 2. The average molecular weight is 473 g/mol. The van der Waals surface area contributed by atoms with E-state index >= 15 is 0 Å². The summed E-state index contributed by atoms with van der Waals surface area (Å²) >= 11 is 0. The first-order chi connectivity index (χ1) is 16.3. The Balaban J connectivity index is 0.00000172. The van der Waals surface area contributed by atoms with E-state index in [0.717, 1.165) is 0 Å². The summed E-state index contributed by atoms with van der Waals surface area (Å²) in [5.41, 5.74) is 6.10. The van der Waals surface area contributed by atoms with Gasteiger partial charge in [0.25, 0.3) is 0 Å². The van der Waals surface area contributed by atoms with Gasteiger partial charge in [-0.3, -0.25) is 0 Å². The molecule has 0 bridgehead atoms. The molecule has 0 aliphatic carbocycles. The highest BCUT2D eigenvalue weighted by Gasteiger charge is 2.10. The van der Waals surface area contributed by atoms with Crippen molar-refractivity contribution in [2.24, 2.45) is 0 Å². The van der Waals surface area contributed by atoms with Gasteiger partial charge in [0, 0.05) is 0 Å². The van der Waals surface area contributed by atoms with Crippen LogP contribution < -0.4 is 0 Å². The topological polar surface area (TPSA) is 40.5 Å². The van der Waals surface area contributed by atoms with Crippen molar-refractivity contribution in [2.75, 3.05) is 0 Å². The molecular formula is C30H49O2P. The van der Waals surface area contributed by atoms with Gasteiger partial charge in [-0.05, 0) is 47.9 Å². The lowest BCUT2D eigenvalue weighted by Crippen LogP contribution is -1.99. The van der Waals surface area contributed by atoms with Crippen molar-refractivity contribution in [1.82, 2.24) is 0 Å². The summed E-state index contributed by atoms with van der Waals surface area (Å²) in [5, 5.41) is 0. The molecule has 0 unspecified atom stereocenters. The summed E-state index contributed by atoms with van der Waals surface area (Å²) in [6.45, 7) is 4.60. The van der Waals surface area contributed by atoms with Crippen molar-refractivity contribution >= 4 is 9.03 Å². The molecule has 0 aliphatic rings. The van der Waals surface area contributed by atoms with Gasteiger partial charge in [-0.25, -0.2) is 0 Å². The first-order valence-electron chi connectivity index (χ1n) is 13.5. The molecule has 3 heteroatoms. The van der Waals surface area contributed by atoms with Crippen molar-refractivity contribution in [3.8, 4) is 11.1 Å². The molecule has 0 saturated heterocycles. The Morgan fingerprint density at radius 1 is 0.545 bits per heavy atom. The van der Waals surface area contributed by atoms with Gasteiger partial charge in [0.2, 0.25) is 0 Å². The maximum absolute atomic E-state index is 7.15. The van der Waals surface area contributed by atoms with Crippen LogP contribution in [0, 0.1) is 0 Å². The number of unbranched alkanes of at least 4 members (excludes halogenated alkanes) is 12. The van der Waals surface area contributed by atoms with Crippen LogP contribution in [-0.2, 0) is 12.8 Å². The van der Waals surface area contributed by atoms with Crippen molar-refractivity contribution < 1.29 is 9.79 Å². The molecule has 0 atom stereocenters. The highest BCUT2D eigenvalue weighted by Crippen LogP contribution is 2.29. The van der Waals surface area contributed by atoms with E-state index in [2.05, 4.69) is 62.4 Å². The predicted molar refractivity (Wildman–Crippen MR) is 148 cm³/mol. The molecule has 2 N–H and O–H groups in total. The molecule has 0 radical (unpaired) electrons. The normalized spacial score (nSPS) is 10.7. The Morgan fingerprint density at radius 3 is 1.58 bits per heavy atom. The van der Waals surface area contributed by atoms with Crippen LogP contribution in [0.5, 0.6) is 0 Å². The van der Waals surface area contributed by atoms with Crippen LogP contribution >= 0.6 is 9.03 Å². The minimum Gasteiger partial charge on any atom is -0.352 e. The predicted octanol–water partition coefficient (Wildman–Crippen LogP) is 9.42. The van der Waals surface area contributed by atoms with Crippen LogP contribution in [-0.4, -0.2) is 9.79 Å². The minimum atomic E-state index is -0.917. The van der Waals surface area contributed by atoms with Crippen LogP contribution in [0.25, 0.3) is 11.1 Å². The van der Waals surface area contributed by atoms with Crippen LogP contribution in [0.4, 0.5) is 0 Å². The highest BCUT2D eigenvalue weighted by molar-refractivity contribution is 7.23. The van der Waals surface area contributed by atoms with E-state index in [-0.39, 0.29) is 0 Å². The van der Waals surface area contributed by atoms with Gasteiger partial charge in [-0.15, -0.1) is 0 Å². The van der Waals surface area contributed by atoms with Gasteiger partial charge in [0.1, 0.15) is 9.03 Å². The molecule has 0 amide bonds. The molecule has 0 aliphatic heterocycles. The molecule has 186 valence electrons. The Bertz CT molecular complexity index is 687. The third kappa shape index (κ3) is 13.9. The fraction of sp³-hybridized carbons (Fsp3) is 0.600. The van der Waals surface area contributed by atoms with Gasteiger partial charge in [0.05, 0.1) is 0 Å². The molecule has 2 aromatic carbocycles. The van der Waals surface area contributed by atoms with Crippen LogP contribution in [0.3, 0.4) is 0 Å². The molecule has 0 spiro atoms. The smallest absolute Gasteiger partial charge is 0.149 e. The lowest BCUT2D eigenvalue weighted by atomic mass is 9.89. The highest BCUT2D eigenvalue weighted by atomic mass is 31.1. The standard InChI is InChI=1S/C30H46.H3O2P/c1-3-5-7-9-11-13-16-21-28-24-20-26-30(27-22-17-15-18-23-27)29(28)25-19-14-12-10-8-6-4-2;1-3-2/h15,17-18,20,22-24,26H,3-14,16,19,21,25H2,1-2H3;1-3H. The fourth-order valence-electron chi connectivity index (χ4n) is 4.58. The summed E-state index contributed by atoms with van der Waals surface area (Å²) in [6, 6.07) is 18.1. The first kappa shape index (κ1) is 29.8. The zero-order chi connectivity index (χ0) is 24.0. The van der Waals surface area contributed by atoms with E-state index < -0.39 is 9.03 Å². The summed E-state index contributed by atoms with van der Waals surface area (Å²) in [4.78, 5) is 14.3. The average Bonchev–Trinajstić information content (AvgIpc) is 2.84. The van der Waals surface area contributed by atoms with E-state index in [1.54, 1.807) is 11.1 Å². The van der Waals surface area contributed by atoms with Crippen LogP contribution in [0.2, 0.25) is 0 Å². The number of hydrogen-bond acceptors (Lipinski definition) is 2. The monoisotopic (exact) mass is 472 g/mol. The van der Waals surface area contributed by atoms with E-state index in [1.807, 2.05) is 0 Å². The van der Waals surface area contributed by atoms with E-state index in [4.69, 9.17) is 9.79 Å². The molecule has 0 heterocycles. The summed E-state index contributed by atoms with van der Waals surface area (Å²) < 4.78 is 0. The Hall–Kier alpha value is -1.21. The summed E-state index contributed by atoms with van der Waals surface area (Å²) in [5.74, 6) is 0. The molecule has 2 aromatic rings. The van der Waals surface area contributed by atoms with Gasteiger partial charge >= 0.3 is 0 Å². The van der Waals surface area contributed by atoms with E-state index in [0.29, 0.717) is 0 Å². The van der Waals surface area contributed by atoms with Crippen molar-refractivity contribution in [2.45, 2.75) is 117 Å². The van der Waals surface area contributed by atoms with Gasteiger partial charge in [0.15, 0.2) is 0 Å². The maximum atomic E-state index is 7.15. The number of rotatable bonds is 17. The fourth-order valence-corrected chi connectivity index (χ4v) is 4.58. The Morgan fingerprint density at radius 2 is 1.03 bits per heavy atom. The van der Waals surface area contributed by atoms with Gasteiger partial charge in [-0.2, -0.15) is 0 Å². The van der Waals surface area contributed by atoms with Crippen LogP contribution in [0.1, 0.15) is 115 Å². The second-order valence-electron chi connectivity index (χ2n) is 9.15. The second-order valence-corrected chi connectivity index (χ2v) is 9.35. The summed E-state index contributed by atoms with van der Waals surface area (Å²) in [7, 11) is -0.917. The molecule has 0 aromatic heterocycles. The van der Waals surface area contributed by atoms with Gasteiger partial charge in [-0.1, -0.05) is 139 Å². The molecule has 0 fully saturated rings. The van der Waals surface area contributed by atoms with E-state index in [9.17, 15) is 0 Å². The summed E-state index contributed by atoms with van der Waals surface area (Å²) in [6.07, 6.45) is 21.9. The molecule has 0 saturated carbocycles. The quantitative estimate of drug-likeness (QED) is 0.178. The SMILES string of the molecule is CCCCCCCCCc1cccc(-c2ccccc2)c1CCCCCCCCC.OPO. The zero-order valence-corrected chi connectivity index (χ0v) is 22.3.